The Morgan fingerprint density at radius 3 is 2.55 bits per heavy atom. The summed E-state index contributed by atoms with van der Waals surface area (Å²) in [6, 6.07) is 4.65. The molecule has 0 fully saturated rings. The molecule has 8 heteroatoms. The van der Waals surface area contributed by atoms with Crippen molar-refractivity contribution in [3.63, 3.8) is 0 Å². The van der Waals surface area contributed by atoms with Gasteiger partial charge in [-0.15, -0.1) is 0 Å². The summed E-state index contributed by atoms with van der Waals surface area (Å²) in [6.07, 6.45) is -0.109. The van der Waals surface area contributed by atoms with Crippen LogP contribution in [-0.4, -0.2) is 27.0 Å². The van der Waals surface area contributed by atoms with E-state index in [-0.39, 0.29) is 17.1 Å². The predicted octanol–water partition coefficient (Wildman–Crippen LogP) is 1.39. The highest BCUT2D eigenvalue weighted by molar-refractivity contribution is 9.10. The third kappa shape index (κ3) is 4.46. The number of amides is 1. The van der Waals surface area contributed by atoms with Gasteiger partial charge >= 0.3 is 0 Å². The number of carbonyl (C=O) groups excluding carboxylic acids is 1. The summed E-state index contributed by atoms with van der Waals surface area (Å²) in [5, 5.41) is 0. The van der Waals surface area contributed by atoms with Crippen LogP contribution < -0.4 is 15.2 Å². The lowest BCUT2D eigenvalue weighted by molar-refractivity contribution is -0.119. The largest absolute Gasteiger partial charge is 0.495 e. The van der Waals surface area contributed by atoms with Crippen molar-refractivity contribution in [2.75, 3.05) is 7.11 Å². The number of methoxy groups -OCH3 is 1. The molecule has 0 atom stereocenters. The third-order valence-corrected chi connectivity index (χ3v) is 4.65. The molecule has 0 heterocycles. The quantitative estimate of drug-likeness (QED) is 0.796. The zero-order chi connectivity index (χ0) is 15.6. The van der Waals surface area contributed by atoms with Crippen LogP contribution in [0.4, 0.5) is 0 Å². The molecule has 0 aliphatic carbocycles. The summed E-state index contributed by atoms with van der Waals surface area (Å²) in [4.78, 5) is 11.0. The zero-order valence-corrected chi connectivity index (χ0v) is 13.8. The zero-order valence-electron chi connectivity index (χ0n) is 11.4. The fourth-order valence-corrected chi connectivity index (χ4v) is 3.87. The molecule has 1 rings (SSSR count). The molecular weight excluding hydrogens is 348 g/mol. The second kappa shape index (κ2) is 6.11. The van der Waals surface area contributed by atoms with Crippen molar-refractivity contribution in [3.8, 4) is 5.75 Å². The van der Waals surface area contributed by atoms with Gasteiger partial charge in [-0.05, 0) is 32.0 Å². The number of primary amides is 1. The fourth-order valence-electron chi connectivity index (χ4n) is 1.75. The molecule has 6 nitrogen and oxygen atoms in total. The van der Waals surface area contributed by atoms with Crippen molar-refractivity contribution in [1.29, 1.82) is 0 Å². The Bertz CT molecular complexity index is 614. The highest BCUT2D eigenvalue weighted by atomic mass is 79.9. The van der Waals surface area contributed by atoms with Crippen LogP contribution in [0.3, 0.4) is 0 Å². The average Bonchev–Trinajstić information content (AvgIpc) is 2.25. The summed E-state index contributed by atoms with van der Waals surface area (Å²) in [5.41, 5.74) is 4.12. The van der Waals surface area contributed by atoms with E-state index < -0.39 is 21.5 Å². The van der Waals surface area contributed by atoms with Crippen LogP contribution in [0.1, 0.15) is 20.3 Å². The highest BCUT2D eigenvalue weighted by Crippen LogP contribution is 2.28. The van der Waals surface area contributed by atoms with E-state index in [2.05, 4.69) is 20.7 Å². The molecule has 1 aromatic carbocycles. The van der Waals surface area contributed by atoms with Crippen LogP contribution in [0.25, 0.3) is 0 Å². The first kappa shape index (κ1) is 16.9. The van der Waals surface area contributed by atoms with Gasteiger partial charge < -0.3 is 10.5 Å². The molecule has 0 unspecified atom stereocenters. The standard InChI is InChI=1S/C12H17BrN2O4S/c1-12(2,7-11(14)16)15-20(17,18)10-6-8(13)4-5-9(10)19-3/h4-6,15H,7H2,1-3H3,(H2,14,16). The van der Waals surface area contributed by atoms with E-state index in [0.29, 0.717) is 4.47 Å². The van der Waals surface area contributed by atoms with E-state index in [1.807, 2.05) is 0 Å². The van der Waals surface area contributed by atoms with E-state index in [1.165, 1.54) is 13.2 Å². The monoisotopic (exact) mass is 364 g/mol. The number of ether oxygens (including phenoxy) is 1. The van der Waals surface area contributed by atoms with Crippen molar-refractivity contribution in [3.05, 3.63) is 22.7 Å². The maximum absolute atomic E-state index is 12.4. The average molecular weight is 365 g/mol. The van der Waals surface area contributed by atoms with E-state index in [0.717, 1.165) is 0 Å². The number of benzene rings is 1. The van der Waals surface area contributed by atoms with Gasteiger partial charge in [-0.25, -0.2) is 13.1 Å². The Labute approximate surface area is 126 Å². The minimum absolute atomic E-state index is 0.00748. The fraction of sp³-hybridized carbons (Fsp3) is 0.417. The number of sulfonamides is 1. The number of hydrogen-bond donors (Lipinski definition) is 2. The first-order valence-corrected chi connectivity index (χ1v) is 8.01. The maximum Gasteiger partial charge on any atom is 0.244 e. The van der Waals surface area contributed by atoms with Crippen molar-refractivity contribution in [2.24, 2.45) is 5.73 Å². The van der Waals surface area contributed by atoms with Gasteiger partial charge in [0, 0.05) is 16.4 Å². The highest BCUT2D eigenvalue weighted by Gasteiger charge is 2.29. The van der Waals surface area contributed by atoms with Gasteiger partial charge in [0.2, 0.25) is 15.9 Å². The third-order valence-electron chi connectivity index (χ3n) is 2.44. The summed E-state index contributed by atoms with van der Waals surface area (Å²) >= 11 is 3.22. The molecular formula is C12H17BrN2O4S. The Hall–Kier alpha value is -1.12. The van der Waals surface area contributed by atoms with Gasteiger partial charge in [0.25, 0.3) is 0 Å². The van der Waals surface area contributed by atoms with Crippen LogP contribution >= 0.6 is 15.9 Å². The predicted molar refractivity (Wildman–Crippen MR) is 78.9 cm³/mol. The number of halogens is 1. The molecule has 0 spiro atoms. The lowest BCUT2D eigenvalue weighted by atomic mass is 10.0. The second-order valence-electron chi connectivity index (χ2n) is 4.93. The van der Waals surface area contributed by atoms with Crippen LogP contribution in [-0.2, 0) is 14.8 Å². The molecule has 0 radical (unpaired) electrons. The summed E-state index contributed by atoms with van der Waals surface area (Å²) in [7, 11) is -2.46. The van der Waals surface area contributed by atoms with Crippen molar-refractivity contribution >= 4 is 31.9 Å². The Balaban J connectivity index is 3.17. The molecule has 0 aliphatic rings. The topological polar surface area (TPSA) is 98.5 Å². The lowest BCUT2D eigenvalue weighted by Crippen LogP contribution is -2.45. The molecule has 1 amide bonds. The van der Waals surface area contributed by atoms with E-state index in [4.69, 9.17) is 10.5 Å². The second-order valence-corrected chi connectivity index (χ2v) is 7.49. The molecule has 3 N–H and O–H groups in total. The van der Waals surface area contributed by atoms with Crippen molar-refractivity contribution < 1.29 is 17.9 Å². The Morgan fingerprint density at radius 1 is 1.45 bits per heavy atom. The van der Waals surface area contributed by atoms with E-state index in [9.17, 15) is 13.2 Å². The van der Waals surface area contributed by atoms with Gasteiger partial charge in [0.1, 0.15) is 10.6 Å². The van der Waals surface area contributed by atoms with E-state index in [1.54, 1.807) is 26.0 Å². The Morgan fingerprint density at radius 2 is 2.05 bits per heavy atom. The van der Waals surface area contributed by atoms with Crippen molar-refractivity contribution in [1.82, 2.24) is 4.72 Å². The number of rotatable bonds is 6. The number of carbonyl (C=O) groups is 1. The van der Waals surface area contributed by atoms with E-state index >= 15 is 0 Å². The smallest absolute Gasteiger partial charge is 0.244 e. The summed E-state index contributed by atoms with van der Waals surface area (Å²) in [5.74, 6) is -0.366. The summed E-state index contributed by atoms with van der Waals surface area (Å²) in [6.45, 7) is 3.17. The normalized spacial score (nSPS) is 12.2. The maximum atomic E-state index is 12.4. The molecule has 0 saturated carbocycles. The van der Waals surface area contributed by atoms with Gasteiger partial charge in [-0.3, -0.25) is 4.79 Å². The van der Waals surface area contributed by atoms with Crippen LogP contribution in [0.15, 0.2) is 27.6 Å². The van der Waals surface area contributed by atoms with Crippen molar-refractivity contribution in [2.45, 2.75) is 30.7 Å². The molecule has 0 saturated heterocycles. The number of hydrogen-bond acceptors (Lipinski definition) is 4. The summed E-state index contributed by atoms with van der Waals surface area (Å²) < 4.78 is 32.9. The molecule has 20 heavy (non-hydrogen) atoms. The van der Waals surface area contributed by atoms with Crippen LogP contribution in [0, 0.1) is 0 Å². The Kier molecular flexibility index (Phi) is 5.17. The van der Waals surface area contributed by atoms with Gasteiger partial charge in [0.05, 0.1) is 7.11 Å². The van der Waals surface area contributed by atoms with Crippen LogP contribution in [0.5, 0.6) is 5.75 Å². The molecule has 0 aromatic heterocycles. The first-order chi connectivity index (χ1) is 9.07. The minimum atomic E-state index is -3.84. The molecule has 0 bridgehead atoms. The SMILES string of the molecule is COc1ccc(Br)cc1S(=O)(=O)NC(C)(C)CC(N)=O. The lowest BCUT2D eigenvalue weighted by Gasteiger charge is -2.25. The molecule has 0 aliphatic heterocycles. The van der Waals surface area contributed by atoms with Gasteiger partial charge in [-0.2, -0.15) is 0 Å². The number of nitrogens with two attached hydrogens (primary N) is 1. The van der Waals surface area contributed by atoms with Gasteiger partial charge in [-0.1, -0.05) is 15.9 Å². The molecule has 1 aromatic rings. The first-order valence-electron chi connectivity index (χ1n) is 5.73. The van der Waals surface area contributed by atoms with Gasteiger partial charge in [0.15, 0.2) is 0 Å². The molecule has 112 valence electrons. The number of nitrogens with one attached hydrogen (secondary N) is 1. The minimum Gasteiger partial charge on any atom is -0.495 e. The van der Waals surface area contributed by atoms with Crippen LogP contribution in [0.2, 0.25) is 0 Å².